The molecule has 0 bridgehead atoms. The Hall–Kier alpha value is -0.160. The van der Waals surface area contributed by atoms with E-state index in [-0.39, 0.29) is 6.10 Å². The van der Waals surface area contributed by atoms with E-state index in [9.17, 15) is 5.11 Å². The summed E-state index contributed by atoms with van der Waals surface area (Å²) in [6, 6.07) is 1.43. The number of rotatable bonds is 6. The van der Waals surface area contributed by atoms with Crippen LogP contribution in [0.3, 0.4) is 0 Å². The molecule has 0 aromatic rings. The molecule has 19 heavy (non-hydrogen) atoms. The quantitative estimate of drug-likeness (QED) is 0.765. The molecule has 112 valence electrons. The van der Waals surface area contributed by atoms with Crippen LogP contribution in [-0.2, 0) is 4.74 Å². The molecule has 1 aliphatic carbocycles. The van der Waals surface area contributed by atoms with Crippen LogP contribution in [0, 0.1) is 0 Å². The third-order valence-electron chi connectivity index (χ3n) is 4.62. The lowest BCUT2D eigenvalue weighted by Crippen LogP contribution is -2.48. The first kappa shape index (κ1) is 15.2. The van der Waals surface area contributed by atoms with E-state index in [1.54, 1.807) is 7.11 Å². The van der Waals surface area contributed by atoms with Gasteiger partial charge in [0, 0.05) is 25.7 Å². The lowest BCUT2D eigenvalue weighted by Gasteiger charge is -2.39. The van der Waals surface area contributed by atoms with Gasteiger partial charge < -0.3 is 20.1 Å². The standard InChI is InChI=1S/C15H30N2O2/c1-19-12-15(18)11-16-13-7-9-17(10-8-13)14-5-3-2-4-6-14/h13-16,18H,2-12H2,1H3. The highest BCUT2D eigenvalue weighted by Gasteiger charge is 2.26. The molecule has 0 aromatic heterocycles. The normalized spacial score (nSPS) is 25.6. The number of nitrogens with one attached hydrogen (secondary N) is 1. The minimum atomic E-state index is -0.374. The number of likely N-dealkylation sites (tertiary alicyclic amines) is 1. The van der Waals surface area contributed by atoms with E-state index < -0.39 is 0 Å². The van der Waals surface area contributed by atoms with E-state index in [1.165, 1.54) is 58.0 Å². The monoisotopic (exact) mass is 270 g/mol. The molecule has 0 aromatic carbocycles. The zero-order chi connectivity index (χ0) is 13.5. The third kappa shape index (κ3) is 5.03. The lowest BCUT2D eigenvalue weighted by atomic mass is 9.92. The first-order chi connectivity index (χ1) is 9.29. The number of aliphatic hydroxyl groups excluding tert-OH is 1. The summed E-state index contributed by atoms with van der Waals surface area (Å²) in [7, 11) is 1.63. The second-order valence-corrected chi connectivity index (χ2v) is 6.12. The maximum absolute atomic E-state index is 9.64. The summed E-state index contributed by atoms with van der Waals surface area (Å²) >= 11 is 0. The molecular formula is C15H30N2O2. The van der Waals surface area contributed by atoms with Gasteiger partial charge in [-0.3, -0.25) is 0 Å². The second kappa shape index (κ2) is 8.20. The highest BCUT2D eigenvalue weighted by molar-refractivity contribution is 4.83. The highest BCUT2D eigenvalue weighted by atomic mass is 16.5. The van der Waals surface area contributed by atoms with Crippen LogP contribution in [0.5, 0.6) is 0 Å². The summed E-state index contributed by atoms with van der Waals surface area (Å²) in [6.45, 7) is 3.53. The Morgan fingerprint density at radius 2 is 1.84 bits per heavy atom. The molecule has 4 nitrogen and oxygen atoms in total. The largest absolute Gasteiger partial charge is 0.389 e. The van der Waals surface area contributed by atoms with E-state index in [0.29, 0.717) is 19.2 Å². The summed E-state index contributed by atoms with van der Waals surface area (Å²) in [5.74, 6) is 0. The molecule has 1 heterocycles. The fraction of sp³-hybridized carbons (Fsp3) is 1.00. The highest BCUT2D eigenvalue weighted by Crippen LogP contribution is 2.25. The first-order valence-corrected chi connectivity index (χ1v) is 7.94. The molecule has 0 radical (unpaired) electrons. The summed E-state index contributed by atoms with van der Waals surface area (Å²) in [6.07, 6.45) is 9.16. The Kier molecular flexibility index (Phi) is 6.57. The topological polar surface area (TPSA) is 44.7 Å². The molecule has 2 aliphatic rings. The Bertz CT molecular complexity index is 236. The van der Waals surface area contributed by atoms with Crippen molar-refractivity contribution in [3.05, 3.63) is 0 Å². The molecule has 4 heteroatoms. The van der Waals surface area contributed by atoms with Crippen LogP contribution in [0.15, 0.2) is 0 Å². The fourth-order valence-corrected chi connectivity index (χ4v) is 3.47. The predicted molar refractivity (Wildman–Crippen MR) is 77.4 cm³/mol. The van der Waals surface area contributed by atoms with Crippen molar-refractivity contribution >= 4 is 0 Å². The van der Waals surface area contributed by atoms with E-state index in [1.807, 2.05) is 0 Å². The SMILES string of the molecule is COCC(O)CNC1CCN(C2CCCCC2)CC1. The van der Waals surface area contributed by atoms with Gasteiger partial charge in [-0.1, -0.05) is 19.3 Å². The predicted octanol–water partition coefficient (Wildman–Crippen LogP) is 1.38. The van der Waals surface area contributed by atoms with E-state index in [2.05, 4.69) is 10.2 Å². The van der Waals surface area contributed by atoms with Crippen LogP contribution in [0.2, 0.25) is 0 Å². The van der Waals surface area contributed by atoms with Crippen molar-refractivity contribution in [2.45, 2.75) is 63.1 Å². The smallest absolute Gasteiger partial charge is 0.0897 e. The molecule has 2 fully saturated rings. The number of ether oxygens (including phenoxy) is 1. The molecule has 1 saturated carbocycles. The van der Waals surface area contributed by atoms with Gasteiger partial charge in [-0.15, -0.1) is 0 Å². The number of piperidine rings is 1. The Balaban J connectivity index is 1.62. The first-order valence-electron chi connectivity index (χ1n) is 7.94. The van der Waals surface area contributed by atoms with Crippen molar-refractivity contribution < 1.29 is 9.84 Å². The van der Waals surface area contributed by atoms with Gasteiger partial charge in [0.25, 0.3) is 0 Å². The maximum Gasteiger partial charge on any atom is 0.0897 e. The molecule has 0 amide bonds. The molecule has 1 atom stereocenters. The van der Waals surface area contributed by atoms with Crippen molar-refractivity contribution in [2.75, 3.05) is 33.4 Å². The summed E-state index contributed by atoms with van der Waals surface area (Å²) < 4.78 is 4.94. The molecule has 1 saturated heterocycles. The van der Waals surface area contributed by atoms with Gasteiger partial charge in [0.05, 0.1) is 12.7 Å². The third-order valence-corrected chi connectivity index (χ3v) is 4.62. The molecule has 2 N–H and O–H groups in total. The van der Waals surface area contributed by atoms with Crippen LogP contribution in [-0.4, -0.2) is 61.5 Å². The number of methoxy groups -OCH3 is 1. The van der Waals surface area contributed by atoms with Crippen LogP contribution in [0.1, 0.15) is 44.9 Å². The van der Waals surface area contributed by atoms with E-state index in [0.717, 1.165) is 6.04 Å². The average Bonchev–Trinajstić information content (AvgIpc) is 2.47. The molecule has 2 rings (SSSR count). The van der Waals surface area contributed by atoms with Crippen LogP contribution < -0.4 is 5.32 Å². The summed E-state index contributed by atoms with van der Waals surface area (Å²) in [4.78, 5) is 2.70. The summed E-state index contributed by atoms with van der Waals surface area (Å²) in [5.41, 5.74) is 0. The van der Waals surface area contributed by atoms with Gasteiger partial charge in [-0.25, -0.2) is 0 Å². The minimum absolute atomic E-state index is 0.374. The van der Waals surface area contributed by atoms with Crippen LogP contribution >= 0.6 is 0 Å². The van der Waals surface area contributed by atoms with Gasteiger partial charge >= 0.3 is 0 Å². The van der Waals surface area contributed by atoms with Crippen LogP contribution in [0.25, 0.3) is 0 Å². The minimum Gasteiger partial charge on any atom is -0.389 e. The zero-order valence-electron chi connectivity index (χ0n) is 12.3. The average molecular weight is 270 g/mol. The fourth-order valence-electron chi connectivity index (χ4n) is 3.47. The molecule has 0 spiro atoms. The Morgan fingerprint density at radius 3 is 2.47 bits per heavy atom. The van der Waals surface area contributed by atoms with Crippen molar-refractivity contribution in [1.82, 2.24) is 10.2 Å². The molecular weight excluding hydrogens is 240 g/mol. The van der Waals surface area contributed by atoms with E-state index >= 15 is 0 Å². The zero-order valence-corrected chi connectivity index (χ0v) is 12.3. The van der Waals surface area contributed by atoms with Crippen molar-refractivity contribution in [3.63, 3.8) is 0 Å². The maximum atomic E-state index is 9.64. The summed E-state index contributed by atoms with van der Waals surface area (Å²) in [5, 5.41) is 13.1. The van der Waals surface area contributed by atoms with Gasteiger partial charge in [0.15, 0.2) is 0 Å². The number of hydrogen-bond donors (Lipinski definition) is 2. The Labute approximate surface area is 117 Å². The van der Waals surface area contributed by atoms with Crippen LogP contribution in [0.4, 0.5) is 0 Å². The van der Waals surface area contributed by atoms with Crippen molar-refractivity contribution in [1.29, 1.82) is 0 Å². The van der Waals surface area contributed by atoms with Crippen molar-refractivity contribution in [2.24, 2.45) is 0 Å². The van der Waals surface area contributed by atoms with Gasteiger partial charge in [-0.2, -0.15) is 0 Å². The number of hydrogen-bond acceptors (Lipinski definition) is 4. The Morgan fingerprint density at radius 1 is 1.16 bits per heavy atom. The number of aliphatic hydroxyl groups is 1. The molecule has 1 aliphatic heterocycles. The second-order valence-electron chi connectivity index (χ2n) is 6.12. The van der Waals surface area contributed by atoms with Gasteiger partial charge in [0.2, 0.25) is 0 Å². The molecule has 1 unspecified atom stereocenters. The number of nitrogens with zero attached hydrogens (tertiary/aromatic N) is 1. The van der Waals surface area contributed by atoms with E-state index in [4.69, 9.17) is 4.74 Å². The van der Waals surface area contributed by atoms with Gasteiger partial charge in [-0.05, 0) is 38.8 Å². The lowest BCUT2D eigenvalue weighted by molar-refractivity contribution is 0.0579. The van der Waals surface area contributed by atoms with Crippen molar-refractivity contribution in [3.8, 4) is 0 Å². The van der Waals surface area contributed by atoms with Gasteiger partial charge in [0.1, 0.15) is 0 Å².